The smallest absolute Gasteiger partial charge is 0.265 e. The molecular formula is C21H23N5O3S. The van der Waals surface area contributed by atoms with E-state index in [1.165, 1.54) is 11.8 Å². The Bertz CT molecular complexity index is 1150. The highest BCUT2D eigenvalue weighted by Crippen LogP contribution is 2.34. The Morgan fingerprint density at radius 1 is 1.20 bits per heavy atom. The molecule has 1 saturated heterocycles. The summed E-state index contributed by atoms with van der Waals surface area (Å²) in [6.07, 6.45) is 1.91. The summed E-state index contributed by atoms with van der Waals surface area (Å²) in [6, 6.07) is 9.44. The van der Waals surface area contributed by atoms with Crippen molar-refractivity contribution in [3.05, 3.63) is 46.9 Å². The predicted octanol–water partition coefficient (Wildman–Crippen LogP) is 2.25. The average Bonchev–Trinajstić information content (AvgIpc) is 3.33. The Labute approximate surface area is 177 Å². The van der Waals surface area contributed by atoms with E-state index in [9.17, 15) is 9.59 Å². The number of hydrogen-bond donors (Lipinski definition) is 0. The number of benzene rings is 1. The van der Waals surface area contributed by atoms with Crippen molar-refractivity contribution in [2.24, 2.45) is 0 Å². The van der Waals surface area contributed by atoms with E-state index in [1.54, 1.807) is 15.4 Å². The predicted molar refractivity (Wildman–Crippen MR) is 114 cm³/mol. The van der Waals surface area contributed by atoms with E-state index < -0.39 is 0 Å². The summed E-state index contributed by atoms with van der Waals surface area (Å²) in [5.74, 6) is 0.719. The molecule has 30 heavy (non-hydrogen) atoms. The van der Waals surface area contributed by atoms with E-state index in [2.05, 4.69) is 5.10 Å². The van der Waals surface area contributed by atoms with Crippen LogP contribution in [0.3, 0.4) is 0 Å². The molecule has 3 atom stereocenters. The molecule has 0 radical (unpaired) electrons. The largest absolute Gasteiger partial charge is 0.372 e. The van der Waals surface area contributed by atoms with Gasteiger partial charge in [0.2, 0.25) is 5.91 Å². The Balaban J connectivity index is 1.45. The van der Waals surface area contributed by atoms with Crippen LogP contribution in [-0.2, 0) is 9.53 Å². The van der Waals surface area contributed by atoms with Crippen LogP contribution in [0.4, 0.5) is 0 Å². The molecule has 2 aromatic heterocycles. The Hall–Kier alpha value is -2.65. The molecule has 0 saturated carbocycles. The van der Waals surface area contributed by atoms with Gasteiger partial charge in [-0.15, -0.1) is 0 Å². The second-order valence-electron chi connectivity index (χ2n) is 7.92. The Kier molecular flexibility index (Phi) is 4.86. The first kappa shape index (κ1) is 19.3. The summed E-state index contributed by atoms with van der Waals surface area (Å²) in [5.41, 5.74) is 1.27. The number of carbonyl (C=O) groups excluding carboxylic acids is 1. The van der Waals surface area contributed by atoms with Gasteiger partial charge in [0.25, 0.3) is 5.56 Å². The highest BCUT2D eigenvalue weighted by molar-refractivity contribution is 7.99. The molecule has 3 aromatic rings. The van der Waals surface area contributed by atoms with Gasteiger partial charge in [-0.2, -0.15) is 5.10 Å². The maximum absolute atomic E-state index is 13.2. The van der Waals surface area contributed by atoms with Crippen molar-refractivity contribution in [3.63, 3.8) is 0 Å². The fraction of sp³-hybridized carbons (Fsp3) is 0.429. The third kappa shape index (κ3) is 3.31. The molecule has 5 rings (SSSR count). The Morgan fingerprint density at radius 2 is 1.93 bits per heavy atom. The van der Waals surface area contributed by atoms with Gasteiger partial charge in [0.05, 0.1) is 30.1 Å². The van der Waals surface area contributed by atoms with Crippen molar-refractivity contribution in [2.75, 3.05) is 18.8 Å². The minimum Gasteiger partial charge on any atom is -0.372 e. The van der Waals surface area contributed by atoms with E-state index in [0.717, 1.165) is 5.69 Å². The SMILES string of the molecule is C[C@@H]1CN(C(=O)C[C@H]2CSc3nc4c(cnn4-c4ccccc4)c(=O)n32)C[C@H](C)O1. The van der Waals surface area contributed by atoms with E-state index in [-0.39, 0.29) is 29.7 Å². The number of fused-ring (bicyclic) bond motifs is 2. The lowest BCUT2D eigenvalue weighted by atomic mass is 10.1. The van der Waals surface area contributed by atoms with Gasteiger partial charge in [-0.3, -0.25) is 14.2 Å². The van der Waals surface area contributed by atoms with Gasteiger partial charge in [-0.05, 0) is 26.0 Å². The highest BCUT2D eigenvalue weighted by atomic mass is 32.2. The number of nitrogens with zero attached hydrogens (tertiary/aromatic N) is 5. The van der Waals surface area contributed by atoms with Crippen LogP contribution in [0, 0.1) is 0 Å². The van der Waals surface area contributed by atoms with Gasteiger partial charge >= 0.3 is 0 Å². The van der Waals surface area contributed by atoms with E-state index >= 15 is 0 Å². The standard InChI is InChI=1S/C21H23N5O3S/c1-13-10-24(11-14(2)29-13)18(27)8-16-12-30-21-23-19-17(20(28)25(16)21)9-22-26(19)15-6-4-3-5-7-15/h3-7,9,13-14,16H,8,10-12H2,1-2H3/t13-,14+,16-/m0/s1. The topological polar surface area (TPSA) is 82.3 Å². The van der Waals surface area contributed by atoms with Crippen LogP contribution in [0.15, 0.2) is 46.5 Å². The zero-order valence-corrected chi connectivity index (χ0v) is 17.7. The molecule has 2 aliphatic rings. The van der Waals surface area contributed by atoms with E-state index in [0.29, 0.717) is 41.5 Å². The summed E-state index contributed by atoms with van der Waals surface area (Å²) in [6.45, 7) is 5.14. The van der Waals surface area contributed by atoms with Crippen molar-refractivity contribution in [2.45, 2.75) is 43.7 Å². The monoisotopic (exact) mass is 425 g/mol. The molecule has 0 unspecified atom stereocenters. The molecule has 0 bridgehead atoms. The number of hydrogen-bond acceptors (Lipinski definition) is 6. The van der Waals surface area contributed by atoms with Crippen LogP contribution >= 0.6 is 11.8 Å². The van der Waals surface area contributed by atoms with Crippen molar-refractivity contribution >= 4 is 28.7 Å². The third-order valence-corrected chi connectivity index (χ3v) is 6.65. The number of ether oxygens (including phenoxy) is 1. The molecule has 4 heterocycles. The van der Waals surface area contributed by atoms with Crippen molar-refractivity contribution in [1.82, 2.24) is 24.2 Å². The molecule has 156 valence electrons. The summed E-state index contributed by atoms with van der Waals surface area (Å²) < 4.78 is 9.09. The van der Waals surface area contributed by atoms with E-state index in [4.69, 9.17) is 9.72 Å². The number of carbonyl (C=O) groups is 1. The van der Waals surface area contributed by atoms with Gasteiger partial charge in [0.1, 0.15) is 5.39 Å². The van der Waals surface area contributed by atoms with Crippen molar-refractivity contribution in [1.29, 1.82) is 0 Å². The molecule has 0 aliphatic carbocycles. The van der Waals surface area contributed by atoms with Gasteiger partial charge in [0.15, 0.2) is 10.8 Å². The first-order valence-electron chi connectivity index (χ1n) is 10.1. The summed E-state index contributed by atoms with van der Waals surface area (Å²) in [5, 5.41) is 5.50. The molecule has 9 heteroatoms. The minimum absolute atomic E-state index is 0.0239. The van der Waals surface area contributed by atoms with Gasteiger partial charge < -0.3 is 9.64 Å². The number of para-hydroxylation sites is 1. The third-order valence-electron chi connectivity index (χ3n) is 5.55. The Morgan fingerprint density at radius 3 is 2.67 bits per heavy atom. The molecule has 1 aromatic carbocycles. The zero-order valence-electron chi connectivity index (χ0n) is 16.9. The van der Waals surface area contributed by atoms with Crippen LogP contribution < -0.4 is 5.56 Å². The van der Waals surface area contributed by atoms with Crippen LogP contribution in [-0.4, -0.2) is 61.2 Å². The normalized spacial score (nSPS) is 23.7. The number of rotatable bonds is 3. The molecule has 1 amide bonds. The van der Waals surface area contributed by atoms with Crippen LogP contribution in [0.5, 0.6) is 0 Å². The van der Waals surface area contributed by atoms with Crippen LogP contribution in [0.25, 0.3) is 16.7 Å². The highest BCUT2D eigenvalue weighted by Gasteiger charge is 2.33. The van der Waals surface area contributed by atoms with Crippen LogP contribution in [0.1, 0.15) is 26.3 Å². The first-order chi connectivity index (χ1) is 14.5. The first-order valence-corrected chi connectivity index (χ1v) is 11.1. The zero-order chi connectivity index (χ0) is 20.8. The number of thioether (sulfide) groups is 1. The van der Waals surface area contributed by atoms with Gasteiger partial charge in [0, 0.05) is 25.3 Å². The summed E-state index contributed by atoms with van der Waals surface area (Å²) in [7, 11) is 0. The molecule has 0 spiro atoms. The number of morpholine rings is 1. The minimum atomic E-state index is -0.199. The molecular weight excluding hydrogens is 402 g/mol. The lowest BCUT2D eigenvalue weighted by Crippen LogP contribution is -2.48. The lowest BCUT2D eigenvalue weighted by molar-refractivity contribution is -0.143. The lowest BCUT2D eigenvalue weighted by Gasteiger charge is -2.35. The fourth-order valence-corrected chi connectivity index (χ4v) is 5.38. The summed E-state index contributed by atoms with van der Waals surface area (Å²) in [4.78, 5) is 32.8. The molecule has 8 nitrogen and oxygen atoms in total. The number of aromatic nitrogens is 4. The van der Waals surface area contributed by atoms with Crippen molar-refractivity contribution < 1.29 is 9.53 Å². The second kappa shape index (κ2) is 7.55. The average molecular weight is 426 g/mol. The maximum atomic E-state index is 13.2. The molecule has 1 fully saturated rings. The van der Waals surface area contributed by atoms with E-state index in [1.807, 2.05) is 49.1 Å². The van der Waals surface area contributed by atoms with Crippen LogP contribution in [0.2, 0.25) is 0 Å². The van der Waals surface area contributed by atoms with Gasteiger partial charge in [-0.25, -0.2) is 9.67 Å². The van der Waals surface area contributed by atoms with Crippen molar-refractivity contribution in [3.8, 4) is 5.69 Å². The number of amides is 1. The molecule has 0 N–H and O–H groups in total. The fourth-order valence-electron chi connectivity index (χ4n) is 4.25. The van der Waals surface area contributed by atoms with Gasteiger partial charge in [-0.1, -0.05) is 30.0 Å². The second-order valence-corrected chi connectivity index (χ2v) is 8.91. The quantitative estimate of drug-likeness (QED) is 0.599. The maximum Gasteiger partial charge on any atom is 0.265 e. The summed E-state index contributed by atoms with van der Waals surface area (Å²) >= 11 is 1.52. The molecule has 2 aliphatic heterocycles.